The maximum Gasteiger partial charge on any atom is 0.509 e. The first kappa shape index (κ1) is 9.56. The number of fused-ring (bicyclic) bond motifs is 1. The van der Waals surface area contributed by atoms with E-state index in [0.717, 1.165) is 12.8 Å². The SMILES string of the molecule is CC1=C[C@H]2OC(=O)OC(C)(C)[C@@H]2CC1. The molecule has 0 saturated carbocycles. The van der Waals surface area contributed by atoms with Gasteiger partial charge in [0.25, 0.3) is 0 Å². The van der Waals surface area contributed by atoms with Gasteiger partial charge in [0.2, 0.25) is 0 Å². The minimum atomic E-state index is -0.540. The lowest BCUT2D eigenvalue weighted by Crippen LogP contribution is -2.50. The molecule has 2 aliphatic rings. The van der Waals surface area contributed by atoms with Gasteiger partial charge in [0.15, 0.2) is 0 Å². The topological polar surface area (TPSA) is 35.5 Å². The van der Waals surface area contributed by atoms with Crippen LogP contribution in [0.1, 0.15) is 33.6 Å². The van der Waals surface area contributed by atoms with E-state index in [1.54, 1.807) is 0 Å². The summed E-state index contributed by atoms with van der Waals surface area (Å²) in [5.74, 6) is 0.295. The van der Waals surface area contributed by atoms with Gasteiger partial charge >= 0.3 is 6.16 Å². The predicted molar refractivity (Wildman–Crippen MR) is 51.9 cm³/mol. The summed E-state index contributed by atoms with van der Waals surface area (Å²) in [5.41, 5.74) is 0.911. The maximum atomic E-state index is 11.2. The molecule has 1 fully saturated rings. The van der Waals surface area contributed by atoms with Crippen LogP contribution in [-0.2, 0) is 9.47 Å². The molecule has 0 aromatic heterocycles. The van der Waals surface area contributed by atoms with Crippen LogP contribution < -0.4 is 0 Å². The number of cyclic esters (lactones) is 1. The molecule has 0 radical (unpaired) electrons. The van der Waals surface area contributed by atoms with E-state index in [1.165, 1.54) is 5.57 Å². The summed E-state index contributed by atoms with van der Waals surface area (Å²) in [5, 5.41) is 0. The lowest BCUT2D eigenvalue weighted by Gasteiger charge is -2.43. The fourth-order valence-electron chi connectivity index (χ4n) is 2.31. The number of hydrogen-bond acceptors (Lipinski definition) is 3. The van der Waals surface area contributed by atoms with Crippen molar-refractivity contribution in [2.75, 3.05) is 0 Å². The monoisotopic (exact) mass is 196 g/mol. The zero-order chi connectivity index (χ0) is 10.3. The van der Waals surface area contributed by atoms with E-state index in [9.17, 15) is 4.79 Å². The van der Waals surface area contributed by atoms with Crippen molar-refractivity contribution in [3.05, 3.63) is 11.6 Å². The Balaban J connectivity index is 2.26. The second kappa shape index (κ2) is 3.01. The Hall–Kier alpha value is -0.990. The van der Waals surface area contributed by atoms with Crippen molar-refractivity contribution in [2.24, 2.45) is 5.92 Å². The minimum absolute atomic E-state index is 0.0833. The predicted octanol–water partition coefficient (Wildman–Crippen LogP) is 2.66. The van der Waals surface area contributed by atoms with Crippen molar-refractivity contribution >= 4 is 6.16 Å². The van der Waals surface area contributed by atoms with Crippen LogP contribution in [-0.4, -0.2) is 17.9 Å². The minimum Gasteiger partial charge on any atom is -0.428 e. The maximum absolute atomic E-state index is 11.2. The molecular formula is C11H16O3. The van der Waals surface area contributed by atoms with Crippen LogP contribution in [0.4, 0.5) is 4.79 Å². The Bertz CT molecular complexity index is 291. The van der Waals surface area contributed by atoms with E-state index >= 15 is 0 Å². The Morgan fingerprint density at radius 3 is 2.93 bits per heavy atom. The first-order chi connectivity index (χ1) is 6.49. The van der Waals surface area contributed by atoms with Crippen molar-refractivity contribution < 1.29 is 14.3 Å². The lowest BCUT2D eigenvalue weighted by atomic mass is 9.77. The van der Waals surface area contributed by atoms with Crippen molar-refractivity contribution in [3.63, 3.8) is 0 Å². The van der Waals surface area contributed by atoms with Gasteiger partial charge < -0.3 is 9.47 Å². The Kier molecular flexibility index (Phi) is 2.05. The van der Waals surface area contributed by atoms with Crippen molar-refractivity contribution in [2.45, 2.75) is 45.3 Å². The molecule has 0 N–H and O–H groups in total. The third kappa shape index (κ3) is 1.51. The van der Waals surface area contributed by atoms with Gasteiger partial charge in [-0.25, -0.2) is 4.79 Å². The Labute approximate surface area is 84.1 Å². The van der Waals surface area contributed by atoms with Gasteiger partial charge in [-0.05, 0) is 39.7 Å². The van der Waals surface area contributed by atoms with Gasteiger partial charge in [-0.3, -0.25) is 0 Å². The highest BCUT2D eigenvalue weighted by atomic mass is 16.7. The first-order valence-corrected chi connectivity index (χ1v) is 5.06. The second-order valence-electron chi connectivity index (χ2n) is 4.70. The summed E-state index contributed by atoms with van der Waals surface area (Å²) >= 11 is 0. The summed E-state index contributed by atoms with van der Waals surface area (Å²) in [6, 6.07) is 0. The molecule has 3 nitrogen and oxygen atoms in total. The fourth-order valence-corrected chi connectivity index (χ4v) is 2.31. The van der Waals surface area contributed by atoms with Crippen LogP contribution in [0.15, 0.2) is 11.6 Å². The second-order valence-corrected chi connectivity index (χ2v) is 4.70. The number of ether oxygens (including phenoxy) is 2. The smallest absolute Gasteiger partial charge is 0.428 e. The molecule has 0 unspecified atom stereocenters. The van der Waals surface area contributed by atoms with E-state index in [-0.39, 0.29) is 6.10 Å². The highest BCUT2D eigenvalue weighted by molar-refractivity contribution is 5.62. The van der Waals surface area contributed by atoms with E-state index in [0.29, 0.717) is 5.92 Å². The van der Waals surface area contributed by atoms with Gasteiger partial charge in [-0.15, -0.1) is 0 Å². The van der Waals surface area contributed by atoms with E-state index in [2.05, 4.69) is 13.0 Å². The Morgan fingerprint density at radius 2 is 2.21 bits per heavy atom. The van der Waals surface area contributed by atoms with Crippen LogP contribution in [0.5, 0.6) is 0 Å². The molecule has 0 amide bonds. The quantitative estimate of drug-likeness (QED) is 0.441. The van der Waals surface area contributed by atoms with Crippen LogP contribution in [0, 0.1) is 5.92 Å². The Morgan fingerprint density at radius 1 is 1.50 bits per heavy atom. The van der Waals surface area contributed by atoms with Crippen molar-refractivity contribution in [3.8, 4) is 0 Å². The zero-order valence-corrected chi connectivity index (χ0v) is 8.87. The molecule has 0 aromatic carbocycles. The first-order valence-electron chi connectivity index (χ1n) is 5.06. The van der Waals surface area contributed by atoms with E-state index in [4.69, 9.17) is 9.47 Å². The molecule has 78 valence electrons. The molecule has 2 rings (SSSR count). The van der Waals surface area contributed by atoms with E-state index < -0.39 is 11.8 Å². The van der Waals surface area contributed by atoms with Gasteiger partial charge in [0.05, 0.1) is 0 Å². The molecule has 1 heterocycles. The van der Waals surface area contributed by atoms with Gasteiger partial charge in [-0.1, -0.05) is 5.57 Å². The number of allylic oxidation sites excluding steroid dienone is 1. The molecular weight excluding hydrogens is 180 g/mol. The molecule has 1 aliphatic carbocycles. The number of carbonyl (C=O) groups excluding carboxylic acids is 1. The highest BCUT2D eigenvalue weighted by Crippen LogP contribution is 2.39. The summed E-state index contributed by atoms with van der Waals surface area (Å²) in [6.45, 7) is 5.99. The molecule has 0 aromatic rings. The van der Waals surface area contributed by atoms with Crippen LogP contribution in [0.2, 0.25) is 0 Å². The molecule has 2 atom stereocenters. The van der Waals surface area contributed by atoms with Gasteiger partial charge in [0, 0.05) is 5.92 Å². The molecule has 3 heteroatoms. The van der Waals surface area contributed by atoms with Gasteiger partial charge in [0.1, 0.15) is 11.7 Å². The summed E-state index contributed by atoms with van der Waals surface area (Å²) < 4.78 is 10.3. The molecule has 0 spiro atoms. The third-order valence-electron chi connectivity index (χ3n) is 3.17. The van der Waals surface area contributed by atoms with Crippen LogP contribution in [0.3, 0.4) is 0 Å². The summed E-state index contributed by atoms with van der Waals surface area (Å²) in [4.78, 5) is 11.2. The molecule has 1 aliphatic heterocycles. The van der Waals surface area contributed by atoms with E-state index in [1.807, 2.05) is 13.8 Å². The third-order valence-corrected chi connectivity index (χ3v) is 3.17. The summed E-state index contributed by atoms with van der Waals surface area (Å²) in [7, 11) is 0. The molecule has 14 heavy (non-hydrogen) atoms. The average Bonchev–Trinajstić information content (AvgIpc) is 2.00. The highest BCUT2D eigenvalue weighted by Gasteiger charge is 2.45. The lowest BCUT2D eigenvalue weighted by molar-refractivity contribution is -0.132. The average molecular weight is 196 g/mol. The van der Waals surface area contributed by atoms with Crippen LogP contribution >= 0.6 is 0 Å². The zero-order valence-electron chi connectivity index (χ0n) is 8.87. The summed E-state index contributed by atoms with van der Waals surface area (Å²) in [6.07, 6.45) is 3.54. The van der Waals surface area contributed by atoms with Crippen molar-refractivity contribution in [1.82, 2.24) is 0 Å². The largest absolute Gasteiger partial charge is 0.509 e. The number of rotatable bonds is 0. The number of carbonyl (C=O) groups is 1. The molecule has 1 saturated heterocycles. The number of hydrogen-bond donors (Lipinski definition) is 0. The normalized spacial score (nSPS) is 35.1. The van der Waals surface area contributed by atoms with Gasteiger partial charge in [-0.2, -0.15) is 0 Å². The standard InChI is InChI=1S/C11H16O3/c1-7-4-5-8-9(6-7)13-10(12)14-11(8,2)3/h6,8-9H,4-5H2,1-3H3/t8-,9-/m1/s1. The van der Waals surface area contributed by atoms with Crippen LogP contribution in [0.25, 0.3) is 0 Å². The van der Waals surface area contributed by atoms with Crippen molar-refractivity contribution in [1.29, 1.82) is 0 Å². The molecule has 0 bridgehead atoms. The fraction of sp³-hybridized carbons (Fsp3) is 0.727.